The number of benzene rings is 1. The maximum atomic E-state index is 13.3. The second-order valence-electron chi connectivity index (χ2n) is 7.97. The Kier molecular flexibility index (Phi) is 5.20. The molecule has 1 aromatic carbocycles. The smallest absolute Gasteiger partial charge is 0.276 e. The molecule has 0 saturated carbocycles. The van der Waals surface area contributed by atoms with Gasteiger partial charge < -0.3 is 9.42 Å². The fraction of sp³-hybridized carbons (Fsp3) is 0.500. The molecule has 4 rings (SSSR count). The third-order valence-electron chi connectivity index (χ3n) is 5.80. The van der Waals surface area contributed by atoms with Crippen molar-refractivity contribution in [3.05, 3.63) is 47.1 Å². The lowest BCUT2D eigenvalue weighted by Crippen LogP contribution is -2.58. The number of nitrogens with zero attached hydrogens (tertiary/aromatic N) is 2. The van der Waals surface area contributed by atoms with Crippen molar-refractivity contribution < 1.29 is 22.1 Å². The number of amides is 1. The number of fused-ring (bicyclic) bond motifs is 2. The zero-order valence-electron chi connectivity index (χ0n) is 16.4. The van der Waals surface area contributed by atoms with Gasteiger partial charge in [-0.3, -0.25) is 4.79 Å². The SMILES string of the molecule is Cc1cc(C(=O)N2[C@@H]3CCC[C@H]2CC(NS(=O)(=O)c2ccc(F)cc2C)C3)no1. The topological polar surface area (TPSA) is 92.5 Å². The molecule has 2 bridgehead atoms. The van der Waals surface area contributed by atoms with Crippen molar-refractivity contribution in [2.45, 2.75) is 69.0 Å². The summed E-state index contributed by atoms with van der Waals surface area (Å²) in [6.07, 6.45) is 3.74. The van der Waals surface area contributed by atoms with Crippen LogP contribution in [0.5, 0.6) is 0 Å². The number of sulfonamides is 1. The molecule has 0 radical (unpaired) electrons. The maximum absolute atomic E-state index is 13.3. The standard InChI is InChI=1S/C20H24FN3O4S/c1-12-8-14(21)6-7-19(12)29(26,27)23-15-10-16-4-3-5-17(11-15)24(16)20(25)18-9-13(2)28-22-18/h6-9,15-17,23H,3-5,10-11H2,1-2H3/t15?,16-,17+. The molecule has 2 aliphatic heterocycles. The summed E-state index contributed by atoms with van der Waals surface area (Å²) in [4.78, 5) is 14.9. The minimum atomic E-state index is -3.77. The minimum absolute atomic E-state index is 0.0472. The number of piperidine rings is 2. The van der Waals surface area contributed by atoms with Gasteiger partial charge in [0.15, 0.2) is 5.69 Å². The third kappa shape index (κ3) is 3.93. The van der Waals surface area contributed by atoms with Gasteiger partial charge >= 0.3 is 0 Å². The Labute approximate surface area is 169 Å². The van der Waals surface area contributed by atoms with E-state index in [1.807, 2.05) is 4.90 Å². The van der Waals surface area contributed by atoms with E-state index in [2.05, 4.69) is 9.88 Å². The van der Waals surface area contributed by atoms with Gasteiger partial charge in [-0.25, -0.2) is 17.5 Å². The van der Waals surface area contributed by atoms with Gasteiger partial charge in [-0.2, -0.15) is 0 Å². The van der Waals surface area contributed by atoms with Gasteiger partial charge in [0.05, 0.1) is 4.90 Å². The average molecular weight is 421 g/mol. The van der Waals surface area contributed by atoms with Gasteiger partial charge in [0, 0.05) is 24.2 Å². The highest BCUT2D eigenvalue weighted by Crippen LogP contribution is 2.35. The molecule has 2 aromatic rings. The first-order chi connectivity index (χ1) is 13.7. The molecule has 0 aliphatic carbocycles. The van der Waals surface area contributed by atoms with Crippen LogP contribution in [0.25, 0.3) is 0 Å². The van der Waals surface area contributed by atoms with Crippen LogP contribution < -0.4 is 4.72 Å². The highest BCUT2D eigenvalue weighted by atomic mass is 32.2. The van der Waals surface area contributed by atoms with Crippen molar-refractivity contribution in [1.29, 1.82) is 0 Å². The lowest BCUT2D eigenvalue weighted by molar-refractivity contribution is 0.0219. The molecular formula is C20H24FN3O4S. The summed E-state index contributed by atoms with van der Waals surface area (Å²) >= 11 is 0. The number of aromatic nitrogens is 1. The number of halogens is 1. The van der Waals surface area contributed by atoms with Crippen LogP contribution in [0.3, 0.4) is 0 Å². The monoisotopic (exact) mass is 421 g/mol. The molecule has 2 aliphatic rings. The van der Waals surface area contributed by atoms with E-state index in [0.29, 0.717) is 29.9 Å². The first-order valence-electron chi connectivity index (χ1n) is 9.79. The molecule has 2 fully saturated rings. The Morgan fingerprint density at radius 2 is 1.90 bits per heavy atom. The lowest BCUT2D eigenvalue weighted by Gasteiger charge is -2.48. The Morgan fingerprint density at radius 3 is 2.48 bits per heavy atom. The fourth-order valence-electron chi connectivity index (χ4n) is 4.61. The van der Waals surface area contributed by atoms with E-state index in [1.165, 1.54) is 12.1 Å². The van der Waals surface area contributed by atoms with Crippen molar-refractivity contribution >= 4 is 15.9 Å². The molecular weight excluding hydrogens is 397 g/mol. The normalized spacial score (nSPS) is 24.5. The van der Waals surface area contributed by atoms with Crippen LogP contribution in [0.4, 0.5) is 4.39 Å². The van der Waals surface area contributed by atoms with Gasteiger partial charge in [0.25, 0.3) is 5.91 Å². The highest BCUT2D eigenvalue weighted by molar-refractivity contribution is 7.89. The molecule has 1 amide bonds. The molecule has 1 aromatic heterocycles. The van der Waals surface area contributed by atoms with Crippen LogP contribution in [0, 0.1) is 19.7 Å². The summed E-state index contributed by atoms with van der Waals surface area (Å²) in [5, 5.41) is 3.84. The summed E-state index contributed by atoms with van der Waals surface area (Å²) < 4.78 is 46.9. The van der Waals surface area contributed by atoms with E-state index in [0.717, 1.165) is 25.3 Å². The molecule has 156 valence electrons. The number of hydrogen-bond acceptors (Lipinski definition) is 5. The van der Waals surface area contributed by atoms with Crippen molar-refractivity contribution in [3.63, 3.8) is 0 Å². The number of aryl methyl sites for hydroxylation is 2. The molecule has 3 atom stereocenters. The molecule has 0 spiro atoms. The molecule has 2 saturated heterocycles. The van der Waals surface area contributed by atoms with Crippen molar-refractivity contribution in [1.82, 2.24) is 14.8 Å². The predicted molar refractivity (Wildman–Crippen MR) is 103 cm³/mol. The van der Waals surface area contributed by atoms with Gasteiger partial charge in [0.1, 0.15) is 11.6 Å². The summed E-state index contributed by atoms with van der Waals surface area (Å²) in [6.45, 7) is 3.32. The summed E-state index contributed by atoms with van der Waals surface area (Å²) in [5.74, 6) is -0.0473. The Hall–Kier alpha value is -2.26. The van der Waals surface area contributed by atoms with E-state index in [1.54, 1.807) is 19.9 Å². The average Bonchev–Trinajstić information content (AvgIpc) is 3.06. The fourth-order valence-corrected chi connectivity index (χ4v) is 6.09. The molecule has 1 unspecified atom stereocenters. The van der Waals surface area contributed by atoms with E-state index < -0.39 is 15.8 Å². The summed E-state index contributed by atoms with van der Waals surface area (Å²) in [6, 6.07) is 4.91. The van der Waals surface area contributed by atoms with Crippen LogP contribution >= 0.6 is 0 Å². The van der Waals surface area contributed by atoms with Crippen LogP contribution in [-0.4, -0.2) is 42.5 Å². The van der Waals surface area contributed by atoms with Crippen LogP contribution in [-0.2, 0) is 10.0 Å². The Bertz CT molecular complexity index is 1020. The highest BCUT2D eigenvalue weighted by Gasteiger charge is 2.42. The number of carbonyl (C=O) groups excluding carboxylic acids is 1. The predicted octanol–water partition coefficient (Wildman–Crippen LogP) is 2.93. The first kappa shape index (κ1) is 20.0. The molecule has 7 nitrogen and oxygen atoms in total. The van der Waals surface area contributed by atoms with E-state index in [-0.39, 0.29) is 28.9 Å². The number of rotatable bonds is 4. The number of hydrogen-bond donors (Lipinski definition) is 1. The molecule has 1 N–H and O–H groups in total. The molecule has 3 heterocycles. The quantitative estimate of drug-likeness (QED) is 0.819. The van der Waals surface area contributed by atoms with Crippen LogP contribution in [0.2, 0.25) is 0 Å². The van der Waals surface area contributed by atoms with Gasteiger partial charge in [-0.15, -0.1) is 0 Å². The third-order valence-corrected chi connectivity index (χ3v) is 7.49. The maximum Gasteiger partial charge on any atom is 0.276 e. The van der Waals surface area contributed by atoms with Gasteiger partial charge in [0.2, 0.25) is 10.0 Å². The zero-order chi connectivity index (χ0) is 20.8. The van der Waals surface area contributed by atoms with E-state index >= 15 is 0 Å². The van der Waals surface area contributed by atoms with E-state index in [9.17, 15) is 17.6 Å². The van der Waals surface area contributed by atoms with Crippen molar-refractivity contribution in [3.8, 4) is 0 Å². The minimum Gasteiger partial charge on any atom is -0.361 e. The van der Waals surface area contributed by atoms with E-state index in [4.69, 9.17) is 4.52 Å². The van der Waals surface area contributed by atoms with Crippen molar-refractivity contribution in [2.75, 3.05) is 0 Å². The Morgan fingerprint density at radius 1 is 1.21 bits per heavy atom. The summed E-state index contributed by atoms with van der Waals surface area (Å²) in [7, 11) is -3.77. The Balaban J connectivity index is 1.52. The van der Waals surface area contributed by atoms with Gasteiger partial charge in [-0.05, 0) is 69.7 Å². The summed E-state index contributed by atoms with van der Waals surface area (Å²) in [5.41, 5.74) is 0.659. The second-order valence-corrected chi connectivity index (χ2v) is 9.66. The van der Waals surface area contributed by atoms with Crippen LogP contribution in [0.15, 0.2) is 33.7 Å². The number of nitrogens with one attached hydrogen (secondary N) is 1. The second kappa shape index (κ2) is 7.53. The first-order valence-corrected chi connectivity index (χ1v) is 11.3. The zero-order valence-corrected chi connectivity index (χ0v) is 17.2. The molecule has 9 heteroatoms. The molecule has 29 heavy (non-hydrogen) atoms. The van der Waals surface area contributed by atoms with Crippen molar-refractivity contribution in [2.24, 2.45) is 0 Å². The lowest BCUT2D eigenvalue weighted by atomic mass is 9.82. The largest absolute Gasteiger partial charge is 0.361 e. The van der Waals surface area contributed by atoms with Crippen LogP contribution in [0.1, 0.15) is 53.9 Å². The number of carbonyl (C=O) groups is 1. The van der Waals surface area contributed by atoms with Gasteiger partial charge in [-0.1, -0.05) is 5.16 Å².